The minimum Gasteiger partial charge on any atom is -0.493 e. The van der Waals surface area contributed by atoms with Gasteiger partial charge in [-0.2, -0.15) is 0 Å². The normalized spacial score (nSPS) is 13.0. The van der Waals surface area contributed by atoms with Gasteiger partial charge in [-0.05, 0) is 48.5 Å². The van der Waals surface area contributed by atoms with Gasteiger partial charge >= 0.3 is 0 Å². The van der Waals surface area contributed by atoms with Gasteiger partial charge in [0.05, 0.1) is 13.2 Å². The van der Waals surface area contributed by atoms with Crippen LogP contribution in [0.1, 0.15) is 6.42 Å². The Labute approximate surface area is 127 Å². The zero-order valence-electron chi connectivity index (χ0n) is 11.9. The van der Waals surface area contributed by atoms with Crippen molar-refractivity contribution in [3.63, 3.8) is 0 Å². The van der Waals surface area contributed by atoms with Crippen molar-refractivity contribution in [2.24, 2.45) is 9.98 Å². The van der Waals surface area contributed by atoms with Crippen LogP contribution in [0.25, 0.3) is 0 Å². The molecule has 5 heteroatoms. The lowest BCUT2D eigenvalue weighted by Gasteiger charge is -2.08. The number of ether oxygens (including phenoxy) is 2. The molecule has 0 radical (unpaired) electrons. The van der Waals surface area contributed by atoms with Crippen molar-refractivity contribution in [1.82, 2.24) is 0 Å². The van der Waals surface area contributed by atoms with Gasteiger partial charge in [0, 0.05) is 12.6 Å². The van der Waals surface area contributed by atoms with E-state index < -0.39 is 0 Å². The van der Waals surface area contributed by atoms with E-state index in [9.17, 15) is 4.39 Å². The molecule has 0 amide bonds. The highest BCUT2D eigenvalue weighted by molar-refractivity contribution is 5.94. The van der Waals surface area contributed by atoms with Crippen LogP contribution in [0, 0.1) is 5.82 Å². The first-order valence-electron chi connectivity index (χ1n) is 7.02. The van der Waals surface area contributed by atoms with Crippen LogP contribution < -0.4 is 9.47 Å². The average molecular weight is 298 g/mol. The van der Waals surface area contributed by atoms with Crippen LogP contribution in [0.4, 0.5) is 4.39 Å². The maximum atomic E-state index is 12.8. The third-order valence-corrected chi connectivity index (χ3v) is 3.06. The maximum Gasteiger partial charge on any atom is 0.127 e. The van der Waals surface area contributed by atoms with Crippen LogP contribution in [-0.4, -0.2) is 25.2 Å². The molecular formula is C17H15FN2O2. The van der Waals surface area contributed by atoms with E-state index in [0.717, 1.165) is 11.6 Å². The highest BCUT2D eigenvalue weighted by Crippen LogP contribution is 2.24. The molecule has 0 atom stereocenters. The molecule has 2 aromatic rings. The van der Waals surface area contributed by atoms with Gasteiger partial charge in [-0.3, -0.25) is 4.99 Å². The van der Waals surface area contributed by atoms with Gasteiger partial charge in [0.2, 0.25) is 0 Å². The van der Waals surface area contributed by atoms with Crippen molar-refractivity contribution in [3.05, 3.63) is 54.3 Å². The Kier molecular flexibility index (Phi) is 4.44. The molecule has 0 saturated heterocycles. The standard InChI is InChI=1S/C17H15FN2O2/c18-13-1-3-15(4-2-13)22-16-7-5-14(6-8-16)21-12-9-17-19-10-11-20-17/h1-8,10H,9,11-12H2. The molecule has 0 N–H and O–H groups in total. The summed E-state index contributed by atoms with van der Waals surface area (Å²) in [5.41, 5.74) is 0. The van der Waals surface area contributed by atoms with Crippen LogP contribution >= 0.6 is 0 Å². The smallest absolute Gasteiger partial charge is 0.127 e. The molecule has 0 aliphatic carbocycles. The number of halogens is 1. The molecule has 0 bridgehead atoms. The molecule has 3 rings (SSSR count). The second-order valence-corrected chi connectivity index (χ2v) is 4.69. The van der Waals surface area contributed by atoms with E-state index in [1.807, 2.05) is 24.3 Å². The molecule has 2 aromatic carbocycles. The second kappa shape index (κ2) is 6.85. The van der Waals surface area contributed by atoms with Crippen LogP contribution in [0.5, 0.6) is 17.2 Å². The number of rotatable bonds is 6. The van der Waals surface area contributed by atoms with Gasteiger partial charge in [-0.1, -0.05) is 0 Å². The average Bonchev–Trinajstić information content (AvgIpc) is 3.05. The molecule has 4 nitrogen and oxygen atoms in total. The van der Waals surface area contributed by atoms with Gasteiger partial charge in [-0.25, -0.2) is 9.38 Å². The predicted molar refractivity (Wildman–Crippen MR) is 83.8 cm³/mol. The Balaban J connectivity index is 1.51. The lowest BCUT2D eigenvalue weighted by atomic mass is 10.3. The summed E-state index contributed by atoms with van der Waals surface area (Å²) in [6, 6.07) is 13.2. The number of amidine groups is 1. The summed E-state index contributed by atoms with van der Waals surface area (Å²) in [7, 11) is 0. The van der Waals surface area contributed by atoms with Gasteiger partial charge in [0.25, 0.3) is 0 Å². The van der Waals surface area contributed by atoms with Gasteiger partial charge < -0.3 is 9.47 Å². The molecular weight excluding hydrogens is 283 g/mol. The zero-order valence-corrected chi connectivity index (χ0v) is 11.9. The molecule has 1 aliphatic rings. The maximum absolute atomic E-state index is 12.8. The first-order chi connectivity index (χ1) is 10.8. The predicted octanol–water partition coefficient (Wildman–Crippen LogP) is 3.87. The fourth-order valence-electron chi connectivity index (χ4n) is 1.98. The molecule has 0 unspecified atom stereocenters. The van der Waals surface area contributed by atoms with E-state index >= 15 is 0 Å². The second-order valence-electron chi connectivity index (χ2n) is 4.69. The summed E-state index contributed by atoms with van der Waals surface area (Å²) in [6.07, 6.45) is 2.49. The van der Waals surface area contributed by atoms with Crippen molar-refractivity contribution in [2.75, 3.05) is 13.2 Å². The minimum absolute atomic E-state index is 0.285. The number of aliphatic imine (C=N–C) groups is 2. The molecule has 0 spiro atoms. The Bertz CT molecular complexity index is 679. The van der Waals surface area contributed by atoms with E-state index in [1.165, 1.54) is 12.1 Å². The summed E-state index contributed by atoms with van der Waals surface area (Å²) < 4.78 is 24.1. The Morgan fingerprint density at radius 1 is 0.909 bits per heavy atom. The highest BCUT2D eigenvalue weighted by Gasteiger charge is 2.02. The van der Waals surface area contributed by atoms with Crippen molar-refractivity contribution in [2.45, 2.75) is 6.42 Å². The first kappa shape index (κ1) is 14.3. The van der Waals surface area contributed by atoms with Crippen LogP contribution in [-0.2, 0) is 0 Å². The molecule has 112 valence electrons. The van der Waals surface area contributed by atoms with E-state index in [1.54, 1.807) is 18.3 Å². The van der Waals surface area contributed by atoms with Crippen LogP contribution in [0.15, 0.2) is 58.5 Å². The van der Waals surface area contributed by atoms with Crippen LogP contribution in [0.2, 0.25) is 0 Å². The lowest BCUT2D eigenvalue weighted by molar-refractivity contribution is 0.328. The summed E-state index contributed by atoms with van der Waals surface area (Å²) in [5.74, 6) is 2.56. The fourth-order valence-corrected chi connectivity index (χ4v) is 1.98. The Hall–Kier alpha value is -2.69. The van der Waals surface area contributed by atoms with E-state index in [2.05, 4.69) is 9.98 Å². The van der Waals surface area contributed by atoms with E-state index in [0.29, 0.717) is 31.1 Å². The topological polar surface area (TPSA) is 43.2 Å². The SMILES string of the molecule is Fc1ccc(Oc2ccc(OCCC3=NCC=N3)cc2)cc1. The van der Waals surface area contributed by atoms with Crippen molar-refractivity contribution >= 4 is 12.1 Å². The van der Waals surface area contributed by atoms with Crippen molar-refractivity contribution in [1.29, 1.82) is 0 Å². The summed E-state index contributed by atoms with van der Waals surface area (Å²) in [4.78, 5) is 8.33. The Morgan fingerprint density at radius 2 is 1.55 bits per heavy atom. The fraction of sp³-hybridized carbons (Fsp3) is 0.176. The number of hydrogen-bond acceptors (Lipinski definition) is 4. The monoisotopic (exact) mass is 298 g/mol. The summed E-state index contributed by atoms with van der Waals surface area (Å²) >= 11 is 0. The minimum atomic E-state index is -0.285. The zero-order chi connectivity index (χ0) is 15.2. The van der Waals surface area contributed by atoms with Gasteiger partial charge in [0.1, 0.15) is 28.9 Å². The number of hydrogen-bond donors (Lipinski definition) is 0. The quantitative estimate of drug-likeness (QED) is 0.812. The number of nitrogens with zero attached hydrogens (tertiary/aromatic N) is 2. The van der Waals surface area contributed by atoms with Crippen molar-refractivity contribution < 1.29 is 13.9 Å². The van der Waals surface area contributed by atoms with E-state index in [-0.39, 0.29) is 5.82 Å². The summed E-state index contributed by atoms with van der Waals surface area (Å²) in [5, 5.41) is 0. The number of benzene rings is 2. The van der Waals surface area contributed by atoms with Crippen molar-refractivity contribution in [3.8, 4) is 17.2 Å². The molecule has 0 fully saturated rings. The molecule has 22 heavy (non-hydrogen) atoms. The summed E-state index contributed by atoms with van der Waals surface area (Å²) in [6.45, 7) is 1.21. The first-order valence-corrected chi connectivity index (χ1v) is 7.02. The molecule has 1 heterocycles. The molecule has 1 aliphatic heterocycles. The van der Waals surface area contributed by atoms with E-state index in [4.69, 9.17) is 9.47 Å². The largest absolute Gasteiger partial charge is 0.493 e. The Morgan fingerprint density at radius 3 is 2.18 bits per heavy atom. The van der Waals surface area contributed by atoms with Gasteiger partial charge in [-0.15, -0.1) is 0 Å². The van der Waals surface area contributed by atoms with Crippen LogP contribution in [0.3, 0.4) is 0 Å². The van der Waals surface area contributed by atoms with Gasteiger partial charge in [0.15, 0.2) is 0 Å². The lowest BCUT2D eigenvalue weighted by Crippen LogP contribution is -2.03. The third kappa shape index (κ3) is 3.91. The highest BCUT2D eigenvalue weighted by atomic mass is 19.1. The third-order valence-electron chi connectivity index (χ3n) is 3.06. The molecule has 0 saturated carbocycles. The molecule has 0 aromatic heterocycles.